The third kappa shape index (κ3) is 7.03. The van der Waals surface area contributed by atoms with E-state index in [1.54, 1.807) is 0 Å². The fourth-order valence-corrected chi connectivity index (χ4v) is 6.54. The van der Waals surface area contributed by atoms with Crippen LogP contribution < -0.4 is 10.6 Å². The molecule has 202 valence electrons. The third-order valence-electron chi connectivity index (χ3n) is 7.93. The van der Waals surface area contributed by atoms with Gasteiger partial charge < -0.3 is 15.7 Å². The summed E-state index contributed by atoms with van der Waals surface area (Å²) in [6.07, 6.45) is 10.8. The second kappa shape index (κ2) is 12.1. The van der Waals surface area contributed by atoms with E-state index in [1.807, 2.05) is 30.3 Å². The molecule has 2 aromatic carbocycles. The van der Waals surface area contributed by atoms with E-state index in [-0.39, 0.29) is 35.2 Å². The van der Waals surface area contributed by atoms with Gasteiger partial charge in [-0.2, -0.15) is 0 Å². The van der Waals surface area contributed by atoms with Crippen LogP contribution in [0.15, 0.2) is 59.5 Å². The first-order valence-corrected chi connectivity index (χ1v) is 15.1. The molecule has 0 aliphatic heterocycles. The SMILES string of the molecule is C#CC[C@@H](C[C@@H](O)[C@H](Cc1ccccc1)NC(=O)c1cccc(S(C)(=O)=O)c1)C(=O)NC1CC2CCC1C2. The van der Waals surface area contributed by atoms with E-state index in [0.717, 1.165) is 24.7 Å². The summed E-state index contributed by atoms with van der Waals surface area (Å²) in [7, 11) is -3.49. The monoisotopic (exact) mass is 536 g/mol. The van der Waals surface area contributed by atoms with Crippen molar-refractivity contribution in [3.05, 3.63) is 65.7 Å². The number of amides is 2. The van der Waals surface area contributed by atoms with Crippen LogP contribution >= 0.6 is 0 Å². The van der Waals surface area contributed by atoms with E-state index in [2.05, 4.69) is 16.6 Å². The van der Waals surface area contributed by atoms with Crippen LogP contribution in [0.5, 0.6) is 0 Å². The fraction of sp³-hybridized carbons (Fsp3) is 0.467. The van der Waals surface area contributed by atoms with Crippen LogP contribution in [0.3, 0.4) is 0 Å². The zero-order valence-electron chi connectivity index (χ0n) is 21.7. The molecule has 0 spiro atoms. The Labute approximate surface area is 225 Å². The summed E-state index contributed by atoms with van der Waals surface area (Å²) >= 11 is 0. The average Bonchev–Trinajstić information content (AvgIpc) is 3.51. The first-order valence-electron chi connectivity index (χ1n) is 13.2. The van der Waals surface area contributed by atoms with Gasteiger partial charge in [-0.25, -0.2) is 8.42 Å². The van der Waals surface area contributed by atoms with Gasteiger partial charge in [-0.05, 0) is 67.7 Å². The Bertz CT molecular complexity index is 1290. The quantitative estimate of drug-likeness (QED) is 0.382. The smallest absolute Gasteiger partial charge is 0.251 e. The minimum atomic E-state index is -3.49. The second-order valence-corrected chi connectivity index (χ2v) is 12.8. The third-order valence-corrected chi connectivity index (χ3v) is 9.04. The molecule has 2 saturated carbocycles. The maximum absolute atomic E-state index is 13.2. The van der Waals surface area contributed by atoms with Gasteiger partial charge in [-0.15, -0.1) is 12.3 Å². The van der Waals surface area contributed by atoms with Crippen LogP contribution in [0.25, 0.3) is 0 Å². The van der Waals surface area contributed by atoms with Gasteiger partial charge in [0.25, 0.3) is 5.91 Å². The Balaban J connectivity index is 1.49. The van der Waals surface area contributed by atoms with E-state index in [4.69, 9.17) is 6.42 Å². The lowest BCUT2D eigenvalue weighted by Crippen LogP contribution is -2.48. The van der Waals surface area contributed by atoms with Crippen LogP contribution in [-0.4, -0.2) is 49.8 Å². The zero-order chi connectivity index (χ0) is 27.3. The molecule has 7 nitrogen and oxygen atoms in total. The first-order chi connectivity index (χ1) is 18.1. The molecule has 3 N–H and O–H groups in total. The molecule has 0 saturated heterocycles. The summed E-state index contributed by atoms with van der Waals surface area (Å²) in [4.78, 5) is 26.4. The van der Waals surface area contributed by atoms with Crippen molar-refractivity contribution in [3.8, 4) is 12.3 Å². The predicted molar refractivity (Wildman–Crippen MR) is 146 cm³/mol. The van der Waals surface area contributed by atoms with Gasteiger partial charge >= 0.3 is 0 Å². The molecule has 38 heavy (non-hydrogen) atoms. The Morgan fingerprint density at radius 3 is 2.50 bits per heavy atom. The van der Waals surface area contributed by atoms with Gasteiger partial charge in [0.1, 0.15) is 0 Å². The molecule has 6 atom stereocenters. The molecule has 8 heteroatoms. The van der Waals surface area contributed by atoms with Crippen molar-refractivity contribution in [1.29, 1.82) is 0 Å². The number of nitrogens with one attached hydrogen (secondary N) is 2. The predicted octanol–water partition coefficient (Wildman–Crippen LogP) is 3.13. The number of hydrogen-bond donors (Lipinski definition) is 3. The van der Waals surface area contributed by atoms with Crippen LogP contribution in [0, 0.1) is 30.1 Å². The van der Waals surface area contributed by atoms with E-state index >= 15 is 0 Å². The summed E-state index contributed by atoms with van der Waals surface area (Å²) in [5.41, 5.74) is 1.08. The van der Waals surface area contributed by atoms with E-state index in [0.29, 0.717) is 18.3 Å². The molecule has 2 bridgehead atoms. The van der Waals surface area contributed by atoms with Gasteiger partial charge in [0.05, 0.1) is 23.0 Å². The van der Waals surface area contributed by atoms with Crippen molar-refractivity contribution in [2.75, 3.05) is 6.26 Å². The molecule has 0 heterocycles. The first kappa shape index (κ1) is 27.9. The molecule has 0 radical (unpaired) electrons. The lowest BCUT2D eigenvalue weighted by molar-refractivity contribution is -0.127. The zero-order valence-corrected chi connectivity index (χ0v) is 22.5. The number of rotatable bonds is 11. The molecular formula is C30H36N2O5S. The highest BCUT2D eigenvalue weighted by atomic mass is 32.2. The number of aliphatic hydroxyl groups is 1. The van der Waals surface area contributed by atoms with Crippen LogP contribution in [0.1, 0.15) is 54.4 Å². The van der Waals surface area contributed by atoms with Crippen molar-refractivity contribution >= 4 is 21.7 Å². The molecule has 2 aromatic rings. The van der Waals surface area contributed by atoms with Gasteiger partial charge in [-0.1, -0.05) is 42.8 Å². The van der Waals surface area contributed by atoms with E-state index in [1.165, 1.54) is 37.1 Å². The standard InChI is InChI=1S/C30H36N2O5S/c1-3-8-23(29(34)31-26-17-21-13-14-22(26)15-21)19-28(33)27(16-20-9-5-4-6-10-20)32-30(35)24-11-7-12-25(18-24)38(2,36)37/h1,4-7,9-12,18,21-23,26-28,33H,8,13-17,19H2,2H3,(H,31,34)(H,32,35)/t21?,22?,23-,26?,27-,28+/m0/s1. The summed E-state index contributed by atoms with van der Waals surface area (Å²) < 4.78 is 23.9. The number of benzene rings is 2. The van der Waals surface area contributed by atoms with Crippen molar-refractivity contribution in [3.63, 3.8) is 0 Å². The minimum absolute atomic E-state index is 0.0386. The van der Waals surface area contributed by atoms with Crippen molar-refractivity contribution < 1.29 is 23.1 Å². The molecule has 2 aliphatic carbocycles. The Hall–Kier alpha value is -3.15. The number of hydrogen-bond acceptors (Lipinski definition) is 5. The topological polar surface area (TPSA) is 113 Å². The number of sulfone groups is 1. The van der Waals surface area contributed by atoms with Gasteiger partial charge in [0.2, 0.25) is 5.91 Å². The Morgan fingerprint density at radius 1 is 1.11 bits per heavy atom. The van der Waals surface area contributed by atoms with Crippen LogP contribution in [0.4, 0.5) is 0 Å². The summed E-state index contributed by atoms with van der Waals surface area (Å²) in [5.74, 6) is 2.54. The molecule has 0 aromatic heterocycles. The summed E-state index contributed by atoms with van der Waals surface area (Å²) in [6.45, 7) is 0. The molecule has 3 unspecified atom stereocenters. The van der Waals surface area contributed by atoms with Gasteiger partial charge in [0, 0.05) is 24.3 Å². The number of carbonyl (C=O) groups is 2. The Kier molecular flexibility index (Phi) is 8.91. The van der Waals surface area contributed by atoms with E-state index in [9.17, 15) is 23.1 Å². The van der Waals surface area contributed by atoms with Crippen molar-refractivity contribution in [2.24, 2.45) is 17.8 Å². The van der Waals surface area contributed by atoms with Crippen molar-refractivity contribution in [1.82, 2.24) is 10.6 Å². The van der Waals surface area contributed by atoms with Gasteiger partial charge in [0.15, 0.2) is 9.84 Å². The maximum Gasteiger partial charge on any atom is 0.251 e. The average molecular weight is 537 g/mol. The Morgan fingerprint density at radius 2 is 1.87 bits per heavy atom. The molecule has 2 aliphatic rings. The van der Waals surface area contributed by atoms with Crippen LogP contribution in [-0.2, 0) is 21.1 Å². The number of aliphatic hydroxyl groups excluding tert-OH is 1. The molecule has 2 fully saturated rings. The largest absolute Gasteiger partial charge is 0.391 e. The molecule has 2 amide bonds. The lowest BCUT2D eigenvalue weighted by atomic mass is 9.89. The number of fused-ring (bicyclic) bond motifs is 2. The maximum atomic E-state index is 13.2. The fourth-order valence-electron chi connectivity index (χ4n) is 5.87. The highest BCUT2D eigenvalue weighted by Gasteiger charge is 2.41. The number of carbonyl (C=O) groups excluding carboxylic acids is 2. The van der Waals surface area contributed by atoms with Gasteiger partial charge in [-0.3, -0.25) is 9.59 Å². The molecular weight excluding hydrogens is 500 g/mol. The minimum Gasteiger partial charge on any atom is -0.391 e. The second-order valence-electron chi connectivity index (χ2n) is 10.8. The highest BCUT2D eigenvalue weighted by Crippen LogP contribution is 2.44. The van der Waals surface area contributed by atoms with Crippen molar-refractivity contribution in [2.45, 2.75) is 68.0 Å². The lowest BCUT2D eigenvalue weighted by Gasteiger charge is -2.29. The summed E-state index contributed by atoms with van der Waals surface area (Å²) in [6, 6.07) is 14.7. The van der Waals surface area contributed by atoms with E-state index < -0.39 is 33.8 Å². The normalized spacial score (nSPS) is 22.7. The summed E-state index contributed by atoms with van der Waals surface area (Å²) in [5, 5.41) is 17.4. The molecule has 4 rings (SSSR count). The number of terminal acetylenes is 1. The van der Waals surface area contributed by atoms with Crippen LogP contribution in [0.2, 0.25) is 0 Å². The highest BCUT2D eigenvalue weighted by molar-refractivity contribution is 7.90.